The third-order valence-electron chi connectivity index (χ3n) is 4.78. The number of methoxy groups -OCH3 is 3. The van der Waals surface area contributed by atoms with E-state index in [9.17, 15) is 4.79 Å². The first kappa shape index (κ1) is 20.3. The van der Waals surface area contributed by atoms with Gasteiger partial charge in [-0.2, -0.15) is 0 Å². The molecule has 0 fully saturated rings. The number of nitrogens with one attached hydrogen (secondary N) is 1. The molecule has 0 unspecified atom stereocenters. The van der Waals surface area contributed by atoms with Crippen molar-refractivity contribution >= 4 is 11.6 Å². The van der Waals surface area contributed by atoms with Crippen LogP contribution >= 0.6 is 0 Å². The summed E-state index contributed by atoms with van der Waals surface area (Å²) in [5.74, 6) is 1.35. The number of ether oxygens (including phenoxy) is 3. The summed E-state index contributed by atoms with van der Waals surface area (Å²) in [5.41, 5.74) is 2.84. The molecule has 1 N–H and O–H groups in total. The van der Waals surface area contributed by atoms with Crippen LogP contribution in [0.5, 0.6) is 17.2 Å². The van der Waals surface area contributed by atoms with Gasteiger partial charge in [0.2, 0.25) is 11.7 Å². The number of hydrogen-bond donors (Lipinski definition) is 1. The van der Waals surface area contributed by atoms with Gasteiger partial charge in [0.1, 0.15) is 0 Å². The van der Waals surface area contributed by atoms with Crippen LogP contribution in [0.3, 0.4) is 0 Å². The van der Waals surface area contributed by atoms with Gasteiger partial charge in [-0.25, -0.2) is 0 Å². The van der Waals surface area contributed by atoms with Gasteiger partial charge in [-0.3, -0.25) is 4.79 Å². The van der Waals surface area contributed by atoms with Crippen LogP contribution in [0.1, 0.15) is 23.6 Å². The number of anilines is 1. The van der Waals surface area contributed by atoms with Gasteiger partial charge in [-0.1, -0.05) is 29.8 Å². The van der Waals surface area contributed by atoms with Gasteiger partial charge >= 0.3 is 0 Å². The van der Waals surface area contributed by atoms with Crippen molar-refractivity contribution < 1.29 is 19.0 Å². The van der Waals surface area contributed by atoms with Crippen molar-refractivity contribution in [2.24, 2.45) is 0 Å². The summed E-state index contributed by atoms with van der Waals surface area (Å²) in [6.07, 6.45) is 4.23. The highest BCUT2D eigenvalue weighted by atomic mass is 16.5. The second-order valence-electron chi connectivity index (χ2n) is 6.72. The number of carbonyl (C=O) groups is 1. The van der Waals surface area contributed by atoms with Crippen LogP contribution in [0.2, 0.25) is 0 Å². The predicted molar refractivity (Wildman–Crippen MR) is 113 cm³/mol. The summed E-state index contributed by atoms with van der Waals surface area (Å²) in [6.45, 7) is 2.05. The quantitative estimate of drug-likeness (QED) is 0.614. The van der Waals surface area contributed by atoms with E-state index in [1.165, 1.54) is 5.56 Å². The lowest BCUT2D eigenvalue weighted by atomic mass is 10.0. The summed E-state index contributed by atoms with van der Waals surface area (Å²) in [4.78, 5) is 12.9. The van der Waals surface area contributed by atoms with E-state index in [-0.39, 0.29) is 18.4 Å². The molecule has 2 aromatic carbocycles. The minimum Gasteiger partial charge on any atom is -0.493 e. The first-order valence-corrected chi connectivity index (χ1v) is 9.34. The maximum absolute atomic E-state index is 12.9. The molecule has 0 bridgehead atoms. The molecule has 0 spiro atoms. The van der Waals surface area contributed by atoms with E-state index in [1.807, 2.05) is 36.0 Å². The molecule has 0 radical (unpaired) electrons. The molecule has 1 aromatic heterocycles. The van der Waals surface area contributed by atoms with E-state index in [0.717, 1.165) is 5.56 Å². The normalized spacial score (nSPS) is 11.6. The third kappa shape index (κ3) is 4.71. The molecule has 0 aliphatic heterocycles. The number of aryl methyl sites for hydroxylation is 1. The summed E-state index contributed by atoms with van der Waals surface area (Å²) in [7, 11) is 4.63. The van der Waals surface area contributed by atoms with Gasteiger partial charge in [0, 0.05) is 30.2 Å². The fourth-order valence-electron chi connectivity index (χ4n) is 3.28. The monoisotopic (exact) mass is 394 g/mol. The fraction of sp³-hybridized carbons (Fsp3) is 0.261. The number of amides is 1. The Morgan fingerprint density at radius 2 is 1.55 bits per heavy atom. The van der Waals surface area contributed by atoms with Crippen molar-refractivity contribution in [1.29, 1.82) is 0 Å². The third-order valence-corrected chi connectivity index (χ3v) is 4.78. The van der Waals surface area contributed by atoms with Gasteiger partial charge in [0.05, 0.1) is 33.8 Å². The summed E-state index contributed by atoms with van der Waals surface area (Å²) >= 11 is 0. The topological polar surface area (TPSA) is 61.7 Å². The predicted octanol–water partition coefficient (Wildman–Crippen LogP) is 4.44. The molecular weight excluding hydrogens is 368 g/mol. The van der Waals surface area contributed by atoms with Crippen LogP contribution in [0, 0.1) is 6.92 Å². The van der Waals surface area contributed by atoms with Gasteiger partial charge in [-0.05, 0) is 24.6 Å². The second-order valence-corrected chi connectivity index (χ2v) is 6.72. The molecule has 3 rings (SSSR count). The fourth-order valence-corrected chi connectivity index (χ4v) is 3.28. The molecule has 29 heavy (non-hydrogen) atoms. The zero-order valence-corrected chi connectivity index (χ0v) is 17.1. The van der Waals surface area contributed by atoms with Crippen LogP contribution in [-0.4, -0.2) is 31.8 Å². The van der Waals surface area contributed by atoms with Crippen LogP contribution in [0.4, 0.5) is 5.69 Å². The molecule has 0 saturated carbocycles. The average Bonchev–Trinajstić information content (AvgIpc) is 3.26. The van der Waals surface area contributed by atoms with Crippen LogP contribution in [-0.2, 0) is 4.79 Å². The molecule has 0 saturated heterocycles. The Labute approximate surface area is 171 Å². The Morgan fingerprint density at radius 1 is 0.966 bits per heavy atom. The van der Waals surface area contributed by atoms with Crippen LogP contribution < -0.4 is 19.5 Å². The van der Waals surface area contributed by atoms with Crippen molar-refractivity contribution in [3.8, 4) is 17.2 Å². The second kappa shape index (κ2) is 9.19. The SMILES string of the molecule is COc1cc(NC(=O)C[C@@H](c2ccc(C)cc2)n2cccc2)cc(OC)c1OC. The molecule has 1 heterocycles. The molecule has 6 heteroatoms. The maximum atomic E-state index is 12.9. The molecule has 0 aliphatic carbocycles. The Kier molecular flexibility index (Phi) is 6.44. The first-order valence-electron chi connectivity index (χ1n) is 9.34. The molecular formula is C23H26N2O4. The standard InChI is InChI=1S/C23H26N2O4/c1-16-7-9-17(10-8-16)19(25-11-5-6-12-25)15-22(26)24-18-13-20(27-2)23(29-4)21(14-18)28-3/h5-14,19H,15H2,1-4H3,(H,24,26)/t19-/m0/s1. The Balaban J connectivity index is 1.83. The highest BCUT2D eigenvalue weighted by Crippen LogP contribution is 2.40. The van der Waals surface area contributed by atoms with Crippen molar-refractivity contribution in [3.63, 3.8) is 0 Å². The largest absolute Gasteiger partial charge is 0.493 e. The van der Waals surface area contributed by atoms with E-state index in [2.05, 4.69) is 29.6 Å². The van der Waals surface area contributed by atoms with Crippen LogP contribution in [0.15, 0.2) is 60.9 Å². The molecule has 6 nitrogen and oxygen atoms in total. The number of aromatic nitrogens is 1. The molecule has 3 aromatic rings. The summed E-state index contributed by atoms with van der Waals surface area (Å²) in [6, 6.07) is 15.5. The lowest BCUT2D eigenvalue weighted by Gasteiger charge is -2.20. The van der Waals surface area contributed by atoms with Crippen molar-refractivity contribution in [1.82, 2.24) is 4.57 Å². The van der Waals surface area contributed by atoms with Gasteiger partial charge in [0.15, 0.2) is 11.5 Å². The summed E-state index contributed by atoms with van der Waals surface area (Å²) < 4.78 is 18.1. The van der Waals surface area contributed by atoms with E-state index in [0.29, 0.717) is 22.9 Å². The molecule has 1 atom stereocenters. The Morgan fingerprint density at radius 3 is 2.07 bits per heavy atom. The molecule has 0 aliphatic rings. The van der Waals surface area contributed by atoms with Crippen molar-refractivity contribution in [2.75, 3.05) is 26.6 Å². The number of nitrogens with zero attached hydrogens (tertiary/aromatic N) is 1. The van der Waals surface area contributed by atoms with Crippen molar-refractivity contribution in [3.05, 3.63) is 72.1 Å². The number of carbonyl (C=O) groups excluding carboxylic acids is 1. The highest BCUT2D eigenvalue weighted by Gasteiger charge is 2.19. The molecule has 152 valence electrons. The van der Waals surface area contributed by atoms with Gasteiger partial charge < -0.3 is 24.1 Å². The van der Waals surface area contributed by atoms with Gasteiger partial charge in [0.25, 0.3) is 0 Å². The van der Waals surface area contributed by atoms with Crippen LogP contribution in [0.25, 0.3) is 0 Å². The Bertz CT molecular complexity index is 925. The lowest BCUT2D eigenvalue weighted by molar-refractivity contribution is -0.116. The van der Waals surface area contributed by atoms with E-state index in [1.54, 1.807) is 33.5 Å². The zero-order chi connectivity index (χ0) is 20.8. The lowest BCUT2D eigenvalue weighted by Crippen LogP contribution is -2.19. The van der Waals surface area contributed by atoms with E-state index >= 15 is 0 Å². The minimum atomic E-state index is -0.112. The average molecular weight is 394 g/mol. The first-order chi connectivity index (χ1) is 14.0. The number of hydrogen-bond acceptors (Lipinski definition) is 4. The highest BCUT2D eigenvalue weighted by molar-refractivity contribution is 5.92. The number of benzene rings is 2. The maximum Gasteiger partial charge on any atom is 0.226 e. The zero-order valence-electron chi connectivity index (χ0n) is 17.1. The smallest absolute Gasteiger partial charge is 0.226 e. The molecule has 1 amide bonds. The van der Waals surface area contributed by atoms with E-state index < -0.39 is 0 Å². The van der Waals surface area contributed by atoms with Gasteiger partial charge in [-0.15, -0.1) is 0 Å². The number of rotatable bonds is 8. The summed E-state index contributed by atoms with van der Waals surface area (Å²) in [5, 5.41) is 2.95. The van der Waals surface area contributed by atoms with Crippen molar-refractivity contribution in [2.45, 2.75) is 19.4 Å². The minimum absolute atomic E-state index is 0.104. The van der Waals surface area contributed by atoms with E-state index in [4.69, 9.17) is 14.2 Å². The Hall–Kier alpha value is -3.41.